The molecule has 0 radical (unpaired) electrons. The molecular weight excluding hydrogens is 336 g/mol. The summed E-state index contributed by atoms with van der Waals surface area (Å²) in [4.78, 5) is 28.5. The maximum Gasteiger partial charge on any atom is 0.305 e. The molecule has 0 saturated carbocycles. The molecule has 2 rings (SSSR count). The SMILES string of the molecule is CCOc1cc(C(=O)N(C)CCC(=O)O)ccc1OCc1cccnc1. The van der Waals surface area contributed by atoms with Crippen LogP contribution in [0.3, 0.4) is 0 Å². The number of aromatic nitrogens is 1. The molecule has 0 bridgehead atoms. The first-order valence-corrected chi connectivity index (χ1v) is 8.27. The van der Waals surface area contributed by atoms with Crippen molar-refractivity contribution >= 4 is 11.9 Å². The second-order valence-corrected chi connectivity index (χ2v) is 5.61. The van der Waals surface area contributed by atoms with Crippen molar-refractivity contribution in [3.05, 3.63) is 53.9 Å². The van der Waals surface area contributed by atoms with Gasteiger partial charge in [-0.2, -0.15) is 0 Å². The molecule has 138 valence electrons. The minimum atomic E-state index is -0.946. The number of aliphatic carboxylic acids is 1. The van der Waals surface area contributed by atoms with E-state index in [1.807, 2.05) is 19.1 Å². The zero-order valence-corrected chi connectivity index (χ0v) is 14.8. The second-order valence-electron chi connectivity index (χ2n) is 5.61. The Kier molecular flexibility index (Phi) is 6.96. The smallest absolute Gasteiger partial charge is 0.305 e. The van der Waals surface area contributed by atoms with E-state index in [0.717, 1.165) is 5.56 Å². The Balaban J connectivity index is 2.11. The van der Waals surface area contributed by atoms with Gasteiger partial charge in [0.05, 0.1) is 13.0 Å². The Hall–Kier alpha value is -3.09. The largest absolute Gasteiger partial charge is 0.490 e. The van der Waals surface area contributed by atoms with Gasteiger partial charge in [-0.15, -0.1) is 0 Å². The third-order valence-corrected chi connectivity index (χ3v) is 3.62. The Morgan fingerprint density at radius 3 is 2.65 bits per heavy atom. The Morgan fingerprint density at radius 1 is 1.19 bits per heavy atom. The lowest BCUT2D eigenvalue weighted by Gasteiger charge is -2.18. The van der Waals surface area contributed by atoms with Crippen molar-refractivity contribution < 1.29 is 24.2 Å². The number of pyridine rings is 1. The summed E-state index contributed by atoms with van der Waals surface area (Å²) >= 11 is 0. The predicted molar refractivity (Wildman–Crippen MR) is 95.4 cm³/mol. The number of carbonyl (C=O) groups is 2. The summed E-state index contributed by atoms with van der Waals surface area (Å²) in [5.74, 6) is -0.223. The number of amides is 1. The molecule has 1 N–H and O–H groups in total. The first-order valence-electron chi connectivity index (χ1n) is 8.27. The standard InChI is InChI=1S/C19H22N2O5/c1-3-25-17-11-15(19(24)21(2)10-8-18(22)23)6-7-16(17)26-13-14-5-4-9-20-12-14/h4-7,9,11-12H,3,8,10,13H2,1-2H3,(H,22,23). The minimum Gasteiger partial charge on any atom is -0.490 e. The third kappa shape index (κ3) is 5.47. The van der Waals surface area contributed by atoms with Crippen molar-refractivity contribution in [3.63, 3.8) is 0 Å². The first-order chi connectivity index (χ1) is 12.5. The van der Waals surface area contributed by atoms with E-state index in [0.29, 0.717) is 30.3 Å². The number of hydrogen-bond donors (Lipinski definition) is 1. The monoisotopic (exact) mass is 358 g/mol. The average Bonchev–Trinajstić information content (AvgIpc) is 2.65. The van der Waals surface area contributed by atoms with E-state index in [1.165, 1.54) is 4.90 Å². The molecule has 26 heavy (non-hydrogen) atoms. The summed E-state index contributed by atoms with van der Waals surface area (Å²) in [5.41, 5.74) is 1.33. The molecule has 1 aromatic heterocycles. The molecule has 0 aliphatic heterocycles. The van der Waals surface area contributed by atoms with Crippen LogP contribution in [0.5, 0.6) is 11.5 Å². The number of ether oxygens (including phenoxy) is 2. The number of carboxylic acids is 1. The van der Waals surface area contributed by atoms with Crippen molar-refractivity contribution in [2.45, 2.75) is 20.0 Å². The van der Waals surface area contributed by atoms with Crippen molar-refractivity contribution in [3.8, 4) is 11.5 Å². The molecule has 7 nitrogen and oxygen atoms in total. The van der Waals surface area contributed by atoms with E-state index in [4.69, 9.17) is 14.6 Å². The molecule has 0 aliphatic rings. The Morgan fingerprint density at radius 2 is 2.00 bits per heavy atom. The number of nitrogens with zero attached hydrogens (tertiary/aromatic N) is 2. The van der Waals surface area contributed by atoms with Crippen molar-refractivity contribution in [1.82, 2.24) is 9.88 Å². The van der Waals surface area contributed by atoms with Gasteiger partial charge in [-0.3, -0.25) is 14.6 Å². The van der Waals surface area contributed by atoms with E-state index in [2.05, 4.69) is 4.98 Å². The molecule has 0 spiro atoms. The van der Waals surface area contributed by atoms with Gasteiger partial charge in [-0.25, -0.2) is 0 Å². The normalized spacial score (nSPS) is 10.2. The first kappa shape index (κ1) is 19.2. The summed E-state index contributed by atoms with van der Waals surface area (Å²) in [6.07, 6.45) is 3.30. The van der Waals surface area contributed by atoms with Crippen LogP contribution in [0.1, 0.15) is 29.3 Å². The van der Waals surface area contributed by atoms with Crippen LogP contribution < -0.4 is 9.47 Å². The van der Waals surface area contributed by atoms with Crippen LogP contribution in [0.4, 0.5) is 0 Å². The van der Waals surface area contributed by atoms with Crippen molar-refractivity contribution in [2.24, 2.45) is 0 Å². The highest BCUT2D eigenvalue weighted by Crippen LogP contribution is 2.29. The highest BCUT2D eigenvalue weighted by Gasteiger charge is 2.16. The topological polar surface area (TPSA) is 89.0 Å². The van der Waals surface area contributed by atoms with Crippen LogP contribution in [0.15, 0.2) is 42.7 Å². The van der Waals surface area contributed by atoms with E-state index in [-0.39, 0.29) is 18.9 Å². The fourth-order valence-corrected chi connectivity index (χ4v) is 2.26. The summed E-state index contributed by atoms with van der Waals surface area (Å²) in [5, 5.41) is 8.74. The number of carboxylic acid groups (broad SMARTS) is 1. The van der Waals surface area contributed by atoms with Gasteiger partial charge in [-0.1, -0.05) is 6.07 Å². The van der Waals surface area contributed by atoms with Gasteiger partial charge in [0.2, 0.25) is 0 Å². The van der Waals surface area contributed by atoms with Gasteiger partial charge in [0.1, 0.15) is 6.61 Å². The maximum atomic E-state index is 12.4. The quantitative estimate of drug-likeness (QED) is 0.741. The van der Waals surface area contributed by atoms with Crippen LogP contribution >= 0.6 is 0 Å². The Bertz CT molecular complexity index is 749. The zero-order valence-electron chi connectivity index (χ0n) is 14.8. The van der Waals surface area contributed by atoms with Gasteiger partial charge in [-0.05, 0) is 31.2 Å². The van der Waals surface area contributed by atoms with Gasteiger partial charge in [0.15, 0.2) is 11.5 Å². The Labute approximate surface area is 152 Å². The molecule has 7 heteroatoms. The average molecular weight is 358 g/mol. The highest BCUT2D eigenvalue weighted by atomic mass is 16.5. The lowest BCUT2D eigenvalue weighted by molar-refractivity contribution is -0.137. The van der Waals surface area contributed by atoms with E-state index in [1.54, 1.807) is 37.6 Å². The molecule has 0 atom stereocenters. The molecule has 2 aromatic rings. The van der Waals surface area contributed by atoms with Gasteiger partial charge in [0, 0.05) is 37.1 Å². The van der Waals surface area contributed by atoms with Crippen LogP contribution in [0.2, 0.25) is 0 Å². The van der Waals surface area contributed by atoms with Crippen LogP contribution in [-0.4, -0.2) is 47.1 Å². The molecule has 0 saturated heterocycles. The van der Waals surface area contributed by atoms with Gasteiger partial charge >= 0.3 is 5.97 Å². The lowest BCUT2D eigenvalue weighted by Crippen LogP contribution is -2.29. The van der Waals surface area contributed by atoms with Gasteiger partial charge in [0.25, 0.3) is 5.91 Å². The van der Waals surface area contributed by atoms with Crippen LogP contribution in [0, 0.1) is 0 Å². The lowest BCUT2D eigenvalue weighted by atomic mass is 10.1. The minimum absolute atomic E-state index is 0.104. The predicted octanol–water partition coefficient (Wildman–Crippen LogP) is 2.61. The van der Waals surface area contributed by atoms with E-state index < -0.39 is 5.97 Å². The van der Waals surface area contributed by atoms with E-state index in [9.17, 15) is 9.59 Å². The molecule has 1 heterocycles. The summed E-state index contributed by atoms with van der Waals surface area (Å²) < 4.78 is 11.4. The zero-order chi connectivity index (χ0) is 18.9. The number of benzene rings is 1. The fraction of sp³-hybridized carbons (Fsp3) is 0.316. The van der Waals surface area contributed by atoms with Gasteiger partial charge < -0.3 is 19.5 Å². The second kappa shape index (κ2) is 9.41. The number of hydrogen-bond acceptors (Lipinski definition) is 5. The molecule has 0 aliphatic carbocycles. The van der Waals surface area contributed by atoms with Crippen molar-refractivity contribution in [2.75, 3.05) is 20.2 Å². The third-order valence-electron chi connectivity index (χ3n) is 3.62. The number of carbonyl (C=O) groups excluding carboxylic acids is 1. The molecule has 0 unspecified atom stereocenters. The fourth-order valence-electron chi connectivity index (χ4n) is 2.26. The van der Waals surface area contributed by atoms with Crippen LogP contribution in [-0.2, 0) is 11.4 Å². The number of rotatable bonds is 9. The summed E-state index contributed by atoms with van der Waals surface area (Å²) in [6.45, 7) is 2.74. The summed E-state index contributed by atoms with van der Waals surface area (Å²) in [7, 11) is 1.57. The highest BCUT2D eigenvalue weighted by molar-refractivity contribution is 5.95. The molecule has 1 amide bonds. The molecule has 0 fully saturated rings. The van der Waals surface area contributed by atoms with Crippen molar-refractivity contribution in [1.29, 1.82) is 0 Å². The molecular formula is C19H22N2O5. The van der Waals surface area contributed by atoms with E-state index >= 15 is 0 Å². The van der Waals surface area contributed by atoms with Crippen LogP contribution in [0.25, 0.3) is 0 Å². The summed E-state index contributed by atoms with van der Waals surface area (Å²) in [6, 6.07) is 8.67. The molecule has 1 aromatic carbocycles. The maximum absolute atomic E-state index is 12.4.